The molecule has 0 saturated carbocycles. The predicted octanol–water partition coefficient (Wildman–Crippen LogP) is 0.00550. The average molecular weight is 122 g/mol. The van der Waals surface area contributed by atoms with Gasteiger partial charge in [-0.15, -0.1) is 12.6 Å². The molecule has 0 aliphatic rings. The van der Waals surface area contributed by atoms with Gasteiger partial charge in [-0.3, -0.25) is 0 Å². The molecule has 2 N–H and O–H groups in total. The van der Waals surface area contributed by atoms with Gasteiger partial charge in [0.1, 0.15) is 4.93 Å². The molecule has 2 unspecified atom stereocenters. The first kappa shape index (κ1) is 7.27. The molecule has 0 rings (SSSR count). The van der Waals surface area contributed by atoms with Crippen LogP contribution in [0.15, 0.2) is 0 Å². The Kier molecular flexibility index (Phi) is 2.10. The van der Waals surface area contributed by atoms with Gasteiger partial charge in [-0.1, -0.05) is 0 Å². The van der Waals surface area contributed by atoms with Crippen LogP contribution in [0.25, 0.3) is 0 Å². The molecule has 0 amide bonds. The molecule has 0 aliphatic heterocycles. The van der Waals surface area contributed by atoms with Crippen molar-refractivity contribution in [3.8, 4) is 0 Å². The maximum Gasteiger partial charge on any atom is 0.130 e. The summed E-state index contributed by atoms with van der Waals surface area (Å²) in [5.74, 6) is 0. The van der Waals surface area contributed by atoms with Crippen molar-refractivity contribution in [2.45, 2.75) is 24.9 Å². The van der Waals surface area contributed by atoms with Gasteiger partial charge in [-0.25, -0.2) is 0 Å². The number of thiol groups is 1. The van der Waals surface area contributed by atoms with Crippen molar-refractivity contribution in [2.24, 2.45) is 0 Å². The normalized spacial score (nSPS) is 23.6. The van der Waals surface area contributed by atoms with Gasteiger partial charge in [0.2, 0.25) is 0 Å². The second kappa shape index (κ2) is 2.03. The molecule has 0 fully saturated rings. The Morgan fingerprint density at radius 1 is 1.71 bits per heavy atom. The molecule has 44 valence electrons. The third-order valence-electron chi connectivity index (χ3n) is 0.791. The first-order valence-electron chi connectivity index (χ1n) is 2.07. The van der Waals surface area contributed by atoms with Crippen LogP contribution < -0.4 is 0 Å². The third-order valence-corrected chi connectivity index (χ3v) is 1.17. The predicted molar refractivity (Wildman–Crippen MR) is 31.3 cm³/mol. The van der Waals surface area contributed by atoms with Crippen molar-refractivity contribution in [3.05, 3.63) is 0 Å². The summed E-state index contributed by atoms with van der Waals surface area (Å²) in [5, 5.41) is 17.3. The third kappa shape index (κ3) is 2.91. The molecule has 0 aliphatic carbocycles. The summed E-state index contributed by atoms with van der Waals surface area (Å²) in [5.41, 5.74) is 0. The summed E-state index contributed by atoms with van der Waals surface area (Å²) >= 11 is 3.66. The lowest BCUT2D eigenvalue weighted by atomic mass is 10.2. The Morgan fingerprint density at radius 3 is 1.86 bits per heavy atom. The zero-order valence-corrected chi connectivity index (χ0v) is 5.31. The minimum atomic E-state index is -1.25. The molecule has 0 radical (unpaired) electrons. The van der Waals surface area contributed by atoms with Crippen LogP contribution in [0.3, 0.4) is 0 Å². The average Bonchev–Trinajstić information content (AvgIpc) is 1.31. The van der Waals surface area contributed by atoms with E-state index in [0.717, 1.165) is 0 Å². The molecule has 7 heavy (non-hydrogen) atoms. The lowest BCUT2D eigenvalue weighted by Gasteiger charge is -2.18. The molecule has 2 atom stereocenters. The van der Waals surface area contributed by atoms with E-state index in [-0.39, 0.29) is 0 Å². The fraction of sp³-hybridized carbons (Fsp3) is 1.00. The topological polar surface area (TPSA) is 40.5 Å². The molecule has 0 spiro atoms. The van der Waals surface area contributed by atoms with Gasteiger partial charge in [-0.05, 0) is 13.8 Å². The number of aliphatic hydroxyl groups is 2. The zero-order chi connectivity index (χ0) is 6.08. The van der Waals surface area contributed by atoms with Crippen molar-refractivity contribution in [1.29, 1.82) is 0 Å². The first-order chi connectivity index (χ1) is 2.94. The van der Waals surface area contributed by atoms with Gasteiger partial charge < -0.3 is 10.2 Å². The monoisotopic (exact) mass is 122 g/mol. The fourth-order valence-corrected chi connectivity index (χ4v) is 0. The van der Waals surface area contributed by atoms with Crippen LogP contribution in [0.5, 0.6) is 0 Å². The van der Waals surface area contributed by atoms with E-state index < -0.39 is 11.0 Å². The van der Waals surface area contributed by atoms with E-state index in [1.54, 1.807) is 0 Å². The number of aliphatic hydroxyl groups excluding tert-OH is 1. The number of hydrogen-bond acceptors (Lipinski definition) is 3. The molecule has 0 aromatic carbocycles. The van der Waals surface area contributed by atoms with Gasteiger partial charge in [-0.2, -0.15) is 0 Å². The van der Waals surface area contributed by atoms with E-state index in [9.17, 15) is 0 Å². The van der Waals surface area contributed by atoms with E-state index in [1.807, 2.05) is 0 Å². The Bertz CT molecular complexity index is 55.2. The summed E-state index contributed by atoms with van der Waals surface area (Å²) in [7, 11) is 0. The van der Waals surface area contributed by atoms with Crippen LogP contribution >= 0.6 is 12.6 Å². The quantitative estimate of drug-likeness (QED) is 0.338. The Hall–Kier alpha value is 0.270. The van der Waals surface area contributed by atoms with E-state index >= 15 is 0 Å². The van der Waals surface area contributed by atoms with Gasteiger partial charge in [0.25, 0.3) is 0 Å². The molecule has 2 nitrogen and oxygen atoms in total. The second-order valence-corrected chi connectivity index (χ2v) is 2.68. The molecule has 0 heterocycles. The lowest BCUT2D eigenvalue weighted by Crippen LogP contribution is -2.30. The highest BCUT2D eigenvalue weighted by Crippen LogP contribution is 2.12. The molecule has 0 saturated heterocycles. The van der Waals surface area contributed by atoms with Crippen molar-refractivity contribution in [2.75, 3.05) is 0 Å². The number of rotatable bonds is 1. The second-order valence-electron chi connectivity index (χ2n) is 1.77. The molecule has 0 aromatic heterocycles. The minimum absolute atomic E-state index is 0.782. The van der Waals surface area contributed by atoms with Crippen molar-refractivity contribution >= 4 is 12.6 Å². The first-order valence-corrected chi connectivity index (χ1v) is 2.52. The highest BCUT2D eigenvalue weighted by Gasteiger charge is 2.19. The van der Waals surface area contributed by atoms with Gasteiger partial charge >= 0.3 is 0 Å². The SMILES string of the molecule is CC(O)C(C)(O)S. The summed E-state index contributed by atoms with van der Waals surface area (Å²) in [4.78, 5) is -1.25. The molecule has 0 bridgehead atoms. The Morgan fingerprint density at radius 2 is 1.86 bits per heavy atom. The Balaban J connectivity index is 3.54. The standard InChI is InChI=1S/C4H10O2S/c1-3(5)4(2,6)7/h3,5-7H,1-2H3. The van der Waals surface area contributed by atoms with E-state index in [0.29, 0.717) is 0 Å². The van der Waals surface area contributed by atoms with E-state index in [2.05, 4.69) is 12.6 Å². The Labute approximate surface area is 48.6 Å². The molecular weight excluding hydrogens is 112 g/mol. The van der Waals surface area contributed by atoms with Crippen LogP contribution in [0.1, 0.15) is 13.8 Å². The van der Waals surface area contributed by atoms with Crippen molar-refractivity contribution < 1.29 is 10.2 Å². The van der Waals surface area contributed by atoms with Gasteiger partial charge in [0.05, 0.1) is 6.10 Å². The van der Waals surface area contributed by atoms with Crippen molar-refractivity contribution in [1.82, 2.24) is 0 Å². The zero-order valence-electron chi connectivity index (χ0n) is 4.42. The highest BCUT2D eigenvalue weighted by molar-refractivity contribution is 7.81. The maximum atomic E-state index is 8.71. The van der Waals surface area contributed by atoms with Crippen molar-refractivity contribution in [3.63, 3.8) is 0 Å². The van der Waals surface area contributed by atoms with Gasteiger partial charge in [0, 0.05) is 0 Å². The molecular formula is C4H10O2S. The van der Waals surface area contributed by atoms with Crippen LogP contribution in [-0.2, 0) is 0 Å². The lowest BCUT2D eigenvalue weighted by molar-refractivity contribution is 0.0191. The fourth-order valence-electron chi connectivity index (χ4n) is 0. The van der Waals surface area contributed by atoms with E-state index in [1.165, 1.54) is 13.8 Å². The maximum absolute atomic E-state index is 8.71. The van der Waals surface area contributed by atoms with Crippen LogP contribution in [-0.4, -0.2) is 21.3 Å². The molecule has 0 aromatic rings. The summed E-state index contributed by atoms with van der Waals surface area (Å²) in [6, 6.07) is 0. The van der Waals surface area contributed by atoms with Gasteiger partial charge in [0.15, 0.2) is 0 Å². The van der Waals surface area contributed by atoms with Crippen LogP contribution in [0.2, 0.25) is 0 Å². The summed E-state index contributed by atoms with van der Waals surface area (Å²) in [6.07, 6.45) is -0.782. The highest BCUT2D eigenvalue weighted by atomic mass is 32.1. The van der Waals surface area contributed by atoms with E-state index in [4.69, 9.17) is 10.2 Å². The minimum Gasteiger partial charge on any atom is -0.390 e. The largest absolute Gasteiger partial charge is 0.390 e. The summed E-state index contributed by atoms with van der Waals surface area (Å²) in [6.45, 7) is 2.91. The van der Waals surface area contributed by atoms with Crippen LogP contribution in [0.4, 0.5) is 0 Å². The summed E-state index contributed by atoms with van der Waals surface area (Å²) < 4.78 is 0. The smallest absolute Gasteiger partial charge is 0.130 e. The molecule has 3 heteroatoms. The van der Waals surface area contributed by atoms with Crippen LogP contribution in [0, 0.1) is 0 Å². The number of hydrogen-bond donors (Lipinski definition) is 3.